The van der Waals surface area contributed by atoms with Crippen LogP contribution in [0.4, 0.5) is 0 Å². The third kappa shape index (κ3) is 6.03. The number of aliphatic hydroxyl groups excluding tert-OH is 1. The molecule has 0 bridgehead atoms. The maximum absolute atomic E-state index is 9.77. The third-order valence-corrected chi connectivity index (χ3v) is 8.60. The Labute approximate surface area is 252 Å². The number of aliphatic hydroxyl groups is 2. The zero-order valence-corrected chi connectivity index (χ0v) is 25.1. The minimum atomic E-state index is -1.70. The fourth-order valence-electron chi connectivity index (χ4n) is 6.25. The first-order valence-corrected chi connectivity index (χ1v) is 15.1. The molecule has 226 valence electrons. The summed E-state index contributed by atoms with van der Waals surface area (Å²) in [5.74, 6) is 1.53. The molecule has 0 saturated carbocycles. The maximum atomic E-state index is 9.77. The van der Waals surface area contributed by atoms with E-state index < -0.39 is 6.29 Å². The molecule has 2 aliphatic heterocycles. The summed E-state index contributed by atoms with van der Waals surface area (Å²) in [7, 11) is 0. The van der Waals surface area contributed by atoms with E-state index in [0.29, 0.717) is 30.8 Å². The standard InChI is InChI=1S/C34H40N4O5/c1-4-42-33-29(34(39)40)18-35-38(33)31-12-6-11-30(36-31)28-10-5-8-22(2)32(28)43-20-25-14-13-24-19-37(16-15-27(24)23(25)3)26-9-7-17-41-21-26/h5-6,8,10-14,18,26,34,39-40H,4,7,9,15-17,19-21H2,1-3H3/t26-/m0/s1. The second kappa shape index (κ2) is 12.9. The van der Waals surface area contributed by atoms with E-state index in [9.17, 15) is 10.2 Å². The summed E-state index contributed by atoms with van der Waals surface area (Å²) in [6.45, 7) is 10.7. The van der Waals surface area contributed by atoms with Gasteiger partial charge < -0.3 is 24.4 Å². The van der Waals surface area contributed by atoms with Crippen LogP contribution in [0.5, 0.6) is 11.6 Å². The molecule has 6 rings (SSSR count). The second-order valence-corrected chi connectivity index (χ2v) is 11.3. The van der Waals surface area contributed by atoms with Gasteiger partial charge in [0.25, 0.3) is 0 Å². The fraction of sp³-hybridized carbons (Fsp3) is 0.412. The highest BCUT2D eigenvalue weighted by Gasteiger charge is 2.27. The largest absolute Gasteiger partial charge is 0.488 e. The number of fused-ring (bicyclic) bond motifs is 1. The quantitative estimate of drug-likeness (QED) is 0.264. The topological polar surface area (TPSA) is 102 Å². The molecule has 9 nitrogen and oxygen atoms in total. The van der Waals surface area contributed by atoms with Gasteiger partial charge in [-0.15, -0.1) is 0 Å². The summed E-state index contributed by atoms with van der Waals surface area (Å²) < 4.78 is 19.5. The van der Waals surface area contributed by atoms with Gasteiger partial charge in [-0.2, -0.15) is 9.78 Å². The van der Waals surface area contributed by atoms with Crippen molar-refractivity contribution in [3.8, 4) is 28.7 Å². The molecule has 43 heavy (non-hydrogen) atoms. The van der Waals surface area contributed by atoms with Crippen molar-refractivity contribution < 1.29 is 24.4 Å². The summed E-state index contributed by atoms with van der Waals surface area (Å²) in [5.41, 5.74) is 8.16. The Morgan fingerprint density at radius 1 is 1.07 bits per heavy atom. The van der Waals surface area contributed by atoms with Crippen molar-refractivity contribution in [1.82, 2.24) is 19.7 Å². The van der Waals surface area contributed by atoms with E-state index in [4.69, 9.17) is 19.2 Å². The zero-order chi connectivity index (χ0) is 29.9. The van der Waals surface area contributed by atoms with E-state index in [-0.39, 0.29) is 11.4 Å². The summed E-state index contributed by atoms with van der Waals surface area (Å²) in [4.78, 5) is 7.46. The summed E-state index contributed by atoms with van der Waals surface area (Å²) in [6.07, 6.45) is 3.10. The molecule has 4 heterocycles. The van der Waals surface area contributed by atoms with Crippen LogP contribution in [0.2, 0.25) is 0 Å². The molecule has 0 amide bonds. The number of para-hydroxylation sites is 1. The van der Waals surface area contributed by atoms with Gasteiger partial charge in [-0.1, -0.05) is 30.3 Å². The molecule has 2 aliphatic rings. The minimum absolute atomic E-state index is 0.185. The highest BCUT2D eigenvalue weighted by molar-refractivity contribution is 5.69. The van der Waals surface area contributed by atoms with Gasteiger partial charge in [-0.05, 0) is 86.1 Å². The van der Waals surface area contributed by atoms with E-state index in [1.807, 2.05) is 50.2 Å². The van der Waals surface area contributed by atoms with Crippen molar-refractivity contribution in [3.63, 3.8) is 0 Å². The number of pyridine rings is 1. The second-order valence-electron chi connectivity index (χ2n) is 11.3. The molecule has 1 saturated heterocycles. The Balaban J connectivity index is 1.24. The van der Waals surface area contributed by atoms with Gasteiger partial charge >= 0.3 is 0 Å². The molecule has 0 radical (unpaired) electrons. The number of aromatic nitrogens is 3. The fourth-order valence-corrected chi connectivity index (χ4v) is 6.25. The Morgan fingerprint density at radius 3 is 2.72 bits per heavy atom. The summed E-state index contributed by atoms with van der Waals surface area (Å²) in [5, 5.41) is 23.9. The molecule has 4 aromatic rings. The lowest BCUT2D eigenvalue weighted by molar-refractivity contribution is -0.0442. The first-order chi connectivity index (χ1) is 20.9. The van der Waals surface area contributed by atoms with Gasteiger partial charge in [-0.3, -0.25) is 4.90 Å². The van der Waals surface area contributed by atoms with Gasteiger partial charge in [0, 0.05) is 31.3 Å². The van der Waals surface area contributed by atoms with Crippen LogP contribution in [0.3, 0.4) is 0 Å². The average Bonchev–Trinajstić information content (AvgIpc) is 3.46. The SMILES string of the molecule is CCOc1c(C(O)O)cnn1-c1cccc(-c2cccc(C)c2OCc2ccc3c(c2C)CCN([C@H]2CCCOC2)C3)n1. The normalized spacial score (nSPS) is 17.2. The number of nitrogens with zero attached hydrogens (tertiary/aromatic N) is 4. The molecule has 1 fully saturated rings. The highest BCUT2D eigenvalue weighted by atomic mass is 16.5. The number of rotatable bonds is 9. The first kappa shape index (κ1) is 29.3. The molecule has 0 unspecified atom stereocenters. The molecule has 9 heteroatoms. The molecular formula is C34H40N4O5. The van der Waals surface area contributed by atoms with Crippen LogP contribution >= 0.6 is 0 Å². The molecule has 0 spiro atoms. The van der Waals surface area contributed by atoms with Crippen LogP contribution in [0.1, 0.15) is 59.4 Å². The predicted octanol–water partition coefficient (Wildman–Crippen LogP) is 5.05. The van der Waals surface area contributed by atoms with Crippen LogP contribution in [0.25, 0.3) is 17.1 Å². The zero-order valence-electron chi connectivity index (χ0n) is 25.1. The van der Waals surface area contributed by atoms with Crippen molar-refractivity contribution in [2.45, 2.75) is 65.5 Å². The van der Waals surface area contributed by atoms with Crippen LogP contribution in [-0.4, -0.2) is 62.3 Å². The van der Waals surface area contributed by atoms with Crippen molar-refractivity contribution in [3.05, 3.63) is 88.1 Å². The monoisotopic (exact) mass is 584 g/mol. The van der Waals surface area contributed by atoms with Gasteiger partial charge in [-0.25, -0.2) is 4.98 Å². The minimum Gasteiger partial charge on any atom is -0.488 e. The van der Waals surface area contributed by atoms with Crippen molar-refractivity contribution in [1.29, 1.82) is 0 Å². The third-order valence-electron chi connectivity index (χ3n) is 8.60. The Hall–Kier alpha value is -3.76. The molecule has 1 atom stereocenters. The lowest BCUT2D eigenvalue weighted by Gasteiger charge is -2.38. The first-order valence-electron chi connectivity index (χ1n) is 15.1. The van der Waals surface area contributed by atoms with Gasteiger partial charge in [0.05, 0.1) is 30.7 Å². The Morgan fingerprint density at radius 2 is 1.93 bits per heavy atom. The Bertz CT molecular complexity index is 1580. The molecule has 2 N–H and O–H groups in total. The molecule has 2 aromatic heterocycles. The summed E-state index contributed by atoms with van der Waals surface area (Å²) >= 11 is 0. The predicted molar refractivity (Wildman–Crippen MR) is 163 cm³/mol. The van der Waals surface area contributed by atoms with Gasteiger partial charge in [0.1, 0.15) is 12.4 Å². The van der Waals surface area contributed by atoms with Crippen molar-refractivity contribution in [2.24, 2.45) is 0 Å². The number of hydrogen-bond acceptors (Lipinski definition) is 8. The van der Waals surface area contributed by atoms with Crippen LogP contribution in [0, 0.1) is 13.8 Å². The van der Waals surface area contributed by atoms with E-state index >= 15 is 0 Å². The molecule has 2 aromatic carbocycles. The lowest BCUT2D eigenvalue weighted by atomic mass is 9.91. The smallest absolute Gasteiger partial charge is 0.226 e. The summed E-state index contributed by atoms with van der Waals surface area (Å²) in [6, 6.07) is 16.7. The van der Waals surface area contributed by atoms with E-state index in [2.05, 4.69) is 29.1 Å². The number of aryl methyl sites for hydroxylation is 1. The van der Waals surface area contributed by atoms with Crippen molar-refractivity contribution >= 4 is 0 Å². The lowest BCUT2D eigenvalue weighted by Crippen LogP contribution is -2.44. The van der Waals surface area contributed by atoms with Gasteiger partial charge in [0.2, 0.25) is 5.88 Å². The highest BCUT2D eigenvalue weighted by Crippen LogP contribution is 2.35. The maximum Gasteiger partial charge on any atom is 0.226 e. The van der Waals surface area contributed by atoms with E-state index in [1.165, 1.54) is 39.6 Å². The van der Waals surface area contributed by atoms with Crippen LogP contribution < -0.4 is 9.47 Å². The average molecular weight is 585 g/mol. The molecule has 0 aliphatic carbocycles. The number of hydrogen-bond donors (Lipinski definition) is 2. The van der Waals surface area contributed by atoms with Crippen LogP contribution in [0.15, 0.2) is 54.7 Å². The number of benzene rings is 2. The molecular weight excluding hydrogens is 544 g/mol. The van der Waals surface area contributed by atoms with Crippen molar-refractivity contribution in [2.75, 3.05) is 26.4 Å². The Kier molecular flexibility index (Phi) is 8.76. The van der Waals surface area contributed by atoms with Gasteiger partial charge in [0.15, 0.2) is 12.1 Å². The van der Waals surface area contributed by atoms with E-state index in [1.54, 1.807) is 0 Å². The van der Waals surface area contributed by atoms with E-state index in [0.717, 1.165) is 56.0 Å². The number of ether oxygens (including phenoxy) is 3. The van der Waals surface area contributed by atoms with Crippen LogP contribution in [-0.2, 0) is 24.3 Å².